The van der Waals surface area contributed by atoms with Crippen molar-refractivity contribution in [2.24, 2.45) is 5.92 Å². The molecule has 3 heteroatoms. The SMILES string of the molecule is CCCCC(C)Cc1ccc(Cl)c(O)c1Cl. The molecule has 1 aromatic carbocycles. The summed E-state index contributed by atoms with van der Waals surface area (Å²) in [7, 11) is 0. The molecule has 0 heterocycles. The van der Waals surface area contributed by atoms with Crippen LogP contribution in [0.4, 0.5) is 0 Å². The summed E-state index contributed by atoms with van der Waals surface area (Å²) in [6.45, 7) is 4.39. The maximum atomic E-state index is 9.61. The summed E-state index contributed by atoms with van der Waals surface area (Å²) >= 11 is 11.8. The van der Waals surface area contributed by atoms with Gasteiger partial charge >= 0.3 is 0 Å². The molecule has 1 rings (SSSR count). The molecule has 0 aliphatic rings. The summed E-state index contributed by atoms with van der Waals surface area (Å²) in [5, 5.41) is 10.3. The lowest BCUT2D eigenvalue weighted by molar-refractivity contribution is 0.471. The summed E-state index contributed by atoms with van der Waals surface area (Å²) in [5.74, 6) is 0.585. The molecule has 0 saturated carbocycles. The lowest BCUT2D eigenvalue weighted by Gasteiger charge is -2.13. The minimum atomic E-state index is 0.00326. The Labute approximate surface area is 107 Å². The van der Waals surface area contributed by atoms with Crippen molar-refractivity contribution in [2.45, 2.75) is 39.5 Å². The van der Waals surface area contributed by atoms with Crippen LogP contribution in [0.5, 0.6) is 5.75 Å². The number of hydrogen-bond acceptors (Lipinski definition) is 1. The second kappa shape index (κ2) is 6.36. The van der Waals surface area contributed by atoms with Gasteiger partial charge in [0.1, 0.15) is 0 Å². The third kappa shape index (κ3) is 3.57. The first kappa shape index (κ1) is 13.7. The third-order valence-corrected chi connectivity index (χ3v) is 3.49. The van der Waals surface area contributed by atoms with Gasteiger partial charge in [0.05, 0.1) is 10.0 Å². The topological polar surface area (TPSA) is 20.2 Å². The van der Waals surface area contributed by atoms with Gasteiger partial charge in [-0.2, -0.15) is 0 Å². The van der Waals surface area contributed by atoms with E-state index >= 15 is 0 Å². The number of phenols is 1. The summed E-state index contributed by atoms with van der Waals surface area (Å²) in [5.41, 5.74) is 0.979. The molecule has 1 atom stereocenters. The van der Waals surface area contributed by atoms with E-state index in [0.717, 1.165) is 12.0 Å². The van der Waals surface area contributed by atoms with E-state index in [1.165, 1.54) is 19.3 Å². The fourth-order valence-electron chi connectivity index (χ4n) is 1.77. The summed E-state index contributed by atoms with van der Waals surface area (Å²) in [6.07, 6.45) is 4.53. The van der Waals surface area contributed by atoms with Crippen LogP contribution in [0.1, 0.15) is 38.7 Å². The highest BCUT2D eigenvalue weighted by Gasteiger charge is 2.12. The Kier molecular flexibility index (Phi) is 5.43. The fourth-order valence-corrected chi connectivity index (χ4v) is 2.22. The van der Waals surface area contributed by atoms with Crippen LogP contribution < -0.4 is 0 Å². The molecule has 0 fully saturated rings. The monoisotopic (exact) mass is 260 g/mol. The maximum absolute atomic E-state index is 9.61. The number of unbranched alkanes of at least 4 members (excludes halogenated alkanes) is 1. The van der Waals surface area contributed by atoms with Gasteiger partial charge in [0, 0.05) is 0 Å². The molecule has 1 aromatic rings. The van der Waals surface area contributed by atoms with Gasteiger partial charge < -0.3 is 5.11 Å². The first-order valence-corrected chi connectivity index (χ1v) is 6.47. The number of halogens is 2. The van der Waals surface area contributed by atoms with E-state index in [4.69, 9.17) is 23.2 Å². The fraction of sp³-hybridized carbons (Fsp3) is 0.538. The lowest BCUT2D eigenvalue weighted by atomic mass is 9.96. The minimum absolute atomic E-state index is 0.00326. The highest BCUT2D eigenvalue weighted by molar-refractivity contribution is 6.37. The van der Waals surface area contributed by atoms with Gasteiger partial charge in [0.15, 0.2) is 5.75 Å². The Morgan fingerprint density at radius 2 is 2.00 bits per heavy atom. The number of aromatic hydroxyl groups is 1. The van der Waals surface area contributed by atoms with Gasteiger partial charge in [-0.3, -0.25) is 0 Å². The second-order valence-corrected chi connectivity index (χ2v) is 5.11. The molecular weight excluding hydrogens is 243 g/mol. The number of phenolic OH excluding ortho intramolecular Hbond substituents is 1. The molecular formula is C13H18Cl2O. The smallest absolute Gasteiger partial charge is 0.153 e. The predicted molar refractivity (Wildman–Crippen MR) is 70.5 cm³/mol. The van der Waals surface area contributed by atoms with E-state index in [1.54, 1.807) is 6.07 Å². The number of rotatable bonds is 5. The van der Waals surface area contributed by atoms with Crippen LogP contribution >= 0.6 is 23.2 Å². The molecule has 0 aromatic heterocycles. The molecule has 1 unspecified atom stereocenters. The molecule has 0 saturated heterocycles. The average molecular weight is 261 g/mol. The van der Waals surface area contributed by atoms with Gasteiger partial charge in [-0.25, -0.2) is 0 Å². The van der Waals surface area contributed by atoms with Gasteiger partial charge in [0.25, 0.3) is 0 Å². The van der Waals surface area contributed by atoms with Gasteiger partial charge in [-0.05, 0) is 24.0 Å². The molecule has 0 amide bonds. The standard InChI is InChI=1S/C13H18Cl2O/c1-3-4-5-9(2)8-10-6-7-11(14)13(16)12(10)15/h6-7,9,16H,3-5,8H2,1-2H3. The molecule has 90 valence electrons. The highest BCUT2D eigenvalue weighted by Crippen LogP contribution is 2.35. The quantitative estimate of drug-likeness (QED) is 0.784. The number of benzene rings is 1. The lowest BCUT2D eigenvalue weighted by Crippen LogP contribution is -2.00. The van der Waals surface area contributed by atoms with E-state index in [1.807, 2.05) is 6.07 Å². The van der Waals surface area contributed by atoms with E-state index in [2.05, 4.69) is 13.8 Å². The van der Waals surface area contributed by atoms with Crippen molar-refractivity contribution in [3.05, 3.63) is 27.7 Å². The van der Waals surface area contributed by atoms with Gasteiger partial charge in [0.2, 0.25) is 0 Å². The van der Waals surface area contributed by atoms with Crippen LogP contribution in [-0.4, -0.2) is 5.11 Å². The molecule has 0 radical (unpaired) electrons. The van der Waals surface area contributed by atoms with Crippen molar-refractivity contribution in [3.8, 4) is 5.75 Å². The third-order valence-electron chi connectivity index (χ3n) is 2.77. The first-order chi connectivity index (χ1) is 7.56. The minimum Gasteiger partial charge on any atom is -0.505 e. The summed E-state index contributed by atoms with van der Waals surface area (Å²) in [4.78, 5) is 0. The van der Waals surface area contributed by atoms with Crippen molar-refractivity contribution in [2.75, 3.05) is 0 Å². The van der Waals surface area contributed by atoms with Crippen LogP contribution in [0, 0.1) is 5.92 Å². The average Bonchev–Trinajstić information content (AvgIpc) is 2.27. The molecule has 0 aliphatic heterocycles. The van der Waals surface area contributed by atoms with Crippen LogP contribution in [0.15, 0.2) is 12.1 Å². The molecule has 0 aliphatic carbocycles. The van der Waals surface area contributed by atoms with E-state index < -0.39 is 0 Å². The van der Waals surface area contributed by atoms with Crippen molar-refractivity contribution >= 4 is 23.2 Å². The van der Waals surface area contributed by atoms with Crippen LogP contribution in [0.2, 0.25) is 10.0 Å². The molecule has 16 heavy (non-hydrogen) atoms. The van der Waals surface area contributed by atoms with Crippen molar-refractivity contribution in [1.82, 2.24) is 0 Å². The summed E-state index contributed by atoms with van der Waals surface area (Å²) < 4.78 is 0. The normalized spacial score (nSPS) is 12.8. The highest BCUT2D eigenvalue weighted by atomic mass is 35.5. The Hall–Kier alpha value is -0.400. The van der Waals surface area contributed by atoms with Crippen LogP contribution in [0.3, 0.4) is 0 Å². The Morgan fingerprint density at radius 1 is 1.31 bits per heavy atom. The molecule has 1 N–H and O–H groups in total. The maximum Gasteiger partial charge on any atom is 0.153 e. The van der Waals surface area contributed by atoms with E-state index in [0.29, 0.717) is 16.0 Å². The van der Waals surface area contributed by atoms with Crippen LogP contribution in [-0.2, 0) is 6.42 Å². The van der Waals surface area contributed by atoms with E-state index in [9.17, 15) is 5.11 Å². The van der Waals surface area contributed by atoms with Gasteiger partial charge in [-0.1, -0.05) is 62.4 Å². The largest absolute Gasteiger partial charge is 0.505 e. The molecule has 0 bridgehead atoms. The Balaban J connectivity index is 2.70. The second-order valence-electron chi connectivity index (χ2n) is 4.32. The zero-order valence-corrected chi connectivity index (χ0v) is 11.3. The molecule has 0 spiro atoms. The summed E-state index contributed by atoms with van der Waals surface area (Å²) in [6, 6.07) is 3.59. The van der Waals surface area contributed by atoms with Crippen molar-refractivity contribution in [1.29, 1.82) is 0 Å². The zero-order chi connectivity index (χ0) is 12.1. The van der Waals surface area contributed by atoms with Crippen molar-refractivity contribution < 1.29 is 5.11 Å². The zero-order valence-electron chi connectivity index (χ0n) is 9.76. The van der Waals surface area contributed by atoms with Crippen LogP contribution in [0.25, 0.3) is 0 Å². The van der Waals surface area contributed by atoms with E-state index in [-0.39, 0.29) is 5.75 Å². The first-order valence-electron chi connectivity index (χ1n) is 5.72. The van der Waals surface area contributed by atoms with Crippen molar-refractivity contribution in [3.63, 3.8) is 0 Å². The number of hydrogen-bond donors (Lipinski definition) is 1. The van der Waals surface area contributed by atoms with Gasteiger partial charge in [-0.15, -0.1) is 0 Å². The Morgan fingerprint density at radius 3 is 2.62 bits per heavy atom. The Bertz CT molecular complexity index is 350. The molecule has 1 nitrogen and oxygen atoms in total. The predicted octanol–water partition coefficient (Wildman–Crippen LogP) is 5.07.